The summed E-state index contributed by atoms with van der Waals surface area (Å²) in [6, 6.07) is 11.5. The monoisotopic (exact) mass is 423 g/mol. The van der Waals surface area contributed by atoms with E-state index in [1.54, 1.807) is 6.07 Å². The molecule has 0 spiro atoms. The fourth-order valence-corrected chi connectivity index (χ4v) is 3.36. The van der Waals surface area contributed by atoms with Crippen LogP contribution in [0.3, 0.4) is 0 Å². The predicted molar refractivity (Wildman–Crippen MR) is 124 cm³/mol. The Morgan fingerprint density at radius 1 is 0.871 bits per heavy atom. The van der Waals surface area contributed by atoms with Gasteiger partial charge in [-0.2, -0.15) is 0 Å². The molecule has 0 bridgehead atoms. The number of carbonyl (C=O) groups is 3. The van der Waals surface area contributed by atoms with Crippen molar-refractivity contribution in [1.82, 2.24) is 0 Å². The van der Waals surface area contributed by atoms with Crippen molar-refractivity contribution in [3.8, 4) is 0 Å². The Balaban J connectivity index is 1.91. The number of esters is 1. The van der Waals surface area contributed by atoms with Gasteiger partial charge in [0.2, 0.25) is 0 Å². The molecule has 1 amide bonds. The number of carbonyl (C=O) groups excluding carboxylic acids is 3. The van der Waals surface area contributed by atoms with Crippen LogP contribution in [0.5, 0.6) is 0 Å². The van der Waals surface area contributed by atoms with E-state index in [2.05, 4.69) is 33.0 Å². The zero-order valence-corrected chi connectivity index (χ0v) is 19.4. The van der Waals surface area contributed by atoms with Crippen LogP contribution in [-0.2, 0) is 14.3 Å². The molecule has 5 heteroatoms. The number of hydrogen-bond acceptors (Lipinski definition) is 4. The Bertz CT molecular complexity index is 934. The Labute approximate surface area is 185 Å². The fourth-order valence-electron chi connectivity index (χ4n) is 3.36. The molecule has 0 atom stereocenters. The van der Waals surface area contributed by atoms with Crippen molar-refractivity contribution < 1.29 is 19.1 Å². The summed E-state index contributed by atoms with van der Waals surface area (Å²) in [5.74, 6) is -0.574. The smallest absolute Gasteiger partial charge is 0.306 e. The van der Waals surface area contributed by atoms with Crippen LogP contribution in [0.15, 0.2) is 36.4 Å². The minimum atomic E-state index is -0.562. The Hall–Kier alpha value is -2.95. The van der Waals surface area contributed by atoms with Crippen molar-refractivity contribution in [2.45, 2.75) is 66.2 Å². The molecule has 2 aromatic rings. The highest BCUT2D eigenvalue weighted by Gasteiger charge is 2.17. The average Bonchev–Trinajstić information content (AvgIpc) is 2.72. The summed E-state index contributed by atoms with van der Waals surface area (Å²) in [4.78, 5) is 36.8. The summed E-state index contributed by atoms with van der Waals surface area (Å²) in [5, 5.41) is 2.92. The number of anilines is 1. The van der Waals surface area contributed by atoms with Gasteiger partial charge in [-0.05, 0) is 54.0 Å². The van der Waals surface area contributed by atoms with Crippen LogP contribution in [0.1, 0.15) is 85.0 Å². The molecule has 0 heterocycles. The Kier molecular flexibility index (Phi) is 8.55. The lowest BCUT2D eigenvalue weighted by atomic mass is 9.92. The largest absolute Gasteiger partial charge is 0.456 e. The number of para-hydroxylation sites is 1. The molecule has 0 saturated carbocycles. The summed E-state index contributed by atoms with van der Waals surface area (Å²) >= 11 is 0. The second-order valence-electron chi connectivity index (χ2n) is 8.55. The van der Waals surface area contributed by atoms with E-state index in [0.717, 1.165) is 27.9 Å². The molecular weight excluding hydrogens is 390 g/mol. The number of benzene rings is 2. The molecule has 31 heavy (non-hydrogen) atoms. The highest BCUT2D eigenvalue weighted by Crippen LogP contribution is 2.32. The predicted octanol–water partition coefficient (Wildman–Crippen LogP) is 5.70. The van der Waals surface area contributed by atoms with Crippen molar-refractivity contribution in [2.75, 3.05) is 11.9 Å². The molecule has 2 aromatic carbocycles. The van der Waals surface area contributed by atoms with Gasteiger partial charge >= 0.3 is 5.97 Å². The third-order valence-corrected chi connectivity index (χ3v) is 5.39. The van der Waals surface area contributed by atoms with Gasteiger partial charge in [0, 0.05) is 17.7 Å². The molecule has 0 unspecified atom stereocenters. The van der Waals surface area contributed by atoms with Gasteiger partial charge in [0.15, 0.2) is 12.4 Å². The van der Waals surface area contributed by atoms with Gasteiger partial charge in [-0.3, -0.25) is 14.4 Å². The molecule has 0 fully saturated rings. The molecule has 5 nitrogen and oxygen atoms in total. The van der Waals surface area contributed by atoms with Crippen molar-refractivity contribution >= 4 is 23.3 Å². The fraction of sp³-hybridized carbons (Fsp3) is 0.423. The van der Waals surface area contributed by atoms with E-state index in [1.807, 2.05) is 44.2 Å². The summed E-state index contributed by atoms with van der Waals surface area (Å²) < 4.78 is 5.10. The van der Waals surface area contributed by atoms with Crippen LogP contribution in [0.25, 0.3) is 0 Å². The molecule has 0 aliphatic rings. The first-order valence-electron chi connectivity index (χ1n) is 10.8. The SMILES string of the molecule is Cc1ccc(C(=O)CCC(=O)OCC(=O)Nc2c(C(C)C)cccc2C(C)C)cc1C. The normalized spacial score (nSPS) is 11.0. The van der Waals surface area contributed by atoms with Crippen molar-refractivity contribution in [1.29, 1.82) is 0 Å². The first-order chi connectivity index (χ1) is 14.6. The summed E-state index contributed by atoms with van der Waals surface area (Å²) in [5.41, 5.74) is 5.61. The lowest BCUT2D eigenvalue weighted by Crippen LogP contribution is -2.23. The molecule has 166 valence electrons. The highest BCUT2D eigenvalue weighted by atomic mass is 16.5. The van der Waals surface area contributed by atoms with Gasteiger partial charge in [0.25, 0.3) is 5.91 Å². The second kappa shape index (κ2) is 10.9. The third-order valence-electron chi connectivity index (χ3n) is 5.39. The van der Waals surface area contributed by atoms with E-state index >= 15 is 0 Å². The third kappa shape index (κ3) is 6.78. The first-order valence-corrected chi connectivity index (χ1v) is 10.8. The van der Waals surface area contributed by atoms with Gasteiger partial charge in [0.05, 0.1) is 6.42 Å². The topological polar surface area (TPSA) is 72.5 Å². The molecule has 0 aromatic heterocycles. The molecule has 0 aliphatic heterocycles. The zero-order valence-electron chi connectivity index (χ0n) is 19.4. The maximum Gasteiger partial charge on any atom is 0.306 e. The number of hydrogen-bond donors (Lipinski definition) is 1. The average molecular weight is 424 g/mol. The van der Waals surface area contributed by atoms with Gasteiger partial charge in [-0.25, -0.2) is 0 Å². The van der Waals surface area contributed by atoms with Crippen LogP contribution in [0, 0.1) is 13.8 Å². The number of Topliss-reactive ketones (excluding diaryl/α,β-unsaturated/α-hetero) is 1. The van der Waals surface area contributed by atoms with Crippen LogP contribution in [0.4, 0.5) is 5.69 Å². The van der Waals surface area contributed by atoms with Gasteiger partial charge < -0.3 is 10.1 Å². The summed E-state index contributed by atoms with van der Waals surface area (Å²) in [6.07, 6.45) is -0.00447. The van der Waals surface area contributed by atoms with E-state index in [-0.39, 0.29) is 43.0 Å². The minimum absolute atomic E-state index is 0.0522. The number of rotatable bonds is 9. The lowest BCUT2D eigenvalue weighted by Gasteiger charge is -2.20. The number of nitrogens with one attached hydrogen (secondary N) is 1. The summed E-state index contributed by atoms with van der Waals surface area (Å²) in [7, 11) is 0. The molecule has 1 N–H and O–H groups in total. The van der Waals surface area contributed by atoms with Gasteiger partial charge in [-0.15, -0.1) is 0 Å². The summed E-state index contributed by atoms with van der Waals surface area (Å²) in [6.45, 7) is 11.8. The Morgan fingerprint density at radius 3 is 2.03 bits per heavy atom. The first kappa shape index (κ1) is 24.3. The number of ketones is 1. The maximum atomic E-state index is 12.4. The van der Waals surface area contributed by atoms with Crippen LogP contribution >= 0.6 is 0 Å². The number of ether oxygens (including phenoxy) is 1. The molecule has 0 radical (unpaired) electrons. The molecular formula is C26H33NO4. The maximum absolute atomic E-state index is 12.4. The van der Waals surface area contributed by atoms with Gasteiger partial charge in [0.1, 0.15) is 0 Å². The van der Waals surface area contributed by atoms with Crippen LogP contribution < -0.4 is 5.32 Å². The number of amides is 1. The minimum Gasteiger partial charge on any atom is -0.456 e. The van der Waals surface area contributed by atoms with E-state index in [9.17, 15) is 14.4 Å². The standard InChI is InChI=1S/C26H33NO4/c1-16(2)21-8-7-9-22(17(3)4)26(21)27-24(29)15-31-25(30)13-12-23(28)20-11-10-18(5)19(6)14-20/h7-11,14,16-17H,12-13,15H2,1-6H3,(H,27,29). The van der Waals surface area contributed by atoms with E-state index in [4.69, 9.17) is 4.74 Å². The van der Waals surface area contributed by atoms with E-state index < -0.39 is 5.97 Å². The van der Waals surface area contributed by atoms with Crippen molar-refractivity contribution in [3.63, 3.8) is 0 Å². The van der Waals surface area contributed by atoms with Crippen LogP contribution in [0.2, 0.25) is 0 Å². The lowest BCUT2D eigenvalue weighted by molar-refractivity contribution is -0.147. The molecule has 0 saturated heterocycles. The highest BCUT2D eigenvalue weighted by molar-refractivity contribution is 5.98. The van der Waals surface area contributed by atoms with Crippen LogP contribution in [-0.4, -0.2) is 24.3 Å². The second-order valence-corrected chi connectivity index (χ2v) is 8.55. The van der Waals surface area contributed by atoms with E-state index in [1.165, 1.54) is 0 Å². The zero-order chi connectivity index (χ0) is 23.1. The Morgan fingerprint density at radius 2 is 1.48 bits per heavy atom. The molecule has 0 aliphatic carbocycles. The van der Waals surface area contributed by atoms with Crippen molar-refractivity contribution in [2.24, 2.45) is 0 Å². The van der Waals surface area contributed by atoms with E-state index in [0.29, 0.717) is 5.56 Å². The number of aryl methyl sites for hydroxylation is 2. The quantitative estimate of drug-likeness (QED) is 0.415. The van der Waals surface area contributed by atoms with Crippen molar-refractivity contribution in [3.05, 3.63) is 64.2 Å². The van der Waals surface area contributed by atoms with Gasteiger partial charge in [-0.1, -0.05) is 58.0 Å². The molecule has 2 rings (SSSR count).